The largest absolute Gasteiger partial charge is 0.437 e. The summed E-state index contributed by atoms with van der Waals surface area (Å²) in [5.74, 6) is 1.21. The molecule has 200 valence electrons. The highest BCUT2D eigenvalue weighted by Crippen LogP contribution is 2.34. The van der Waals surface area contributed by atoms with Crippen LogP contribution in [-0.2, 0) is 4.79 Å². The van der Waals surface area contributed by atoms with Crippen LogP contribution < -0.4 is 20.3 Å². The third-order valence-electron chi connectivity index (χ3n) is 7.38. The van der Waals surface area contributed by atoms with Gasteiger partial charge in [-0.1, -0.05) is 12.6 Å². The molecular weight excluding hydrogens is 508 g/mol. The molecular formula is C30H32N6O2S. The smallest absolute Gasteiger partial charge is 0.247 e. The molecule has 2 N–H and O–H groups in total. The van der Waals surface area contributed by atoms with E-state index in [1.807, 2.05) is 23.6 Å². The van der Waals surface area contributed by atoms with Crippen LogP contribution in [0.2, 0.25) is 0 Å². The highest BCUT2D eigenvalue weighted by Gasteiger charge is 2.26. The maximum Gasteiger partial charge on any atom is 0.247 e. The Bertz CT molecular complexity index is 1460. The number of nitrogens with zero attached hydrogens (tertiary/aromatic N) is 4. The van der Waals surface area contributed by atoms with Gasteiger partial charge in [-0.05, 0) is 92.7 Å². The van der Waals surface area contributed by atoms with E-state index in [2.05, 4.69) is 61.2 Å². The van der Waals surface area contributed by atoms with Crippen molar-refractivity contribution in [3.63, 3.8) is 0 Å². The number of carbonyl (C=O) groups excluding carboxylic acids is 1. The summed E-state index contributed by atoms with van der Waals surface area (Å²) in [5, 5.41) is 8.06. The maximum absolute atomic E-state index is 11.7. The second-order valence-corrected chi connectivity index (χ2v) is 10.9. The van der Waals surface area contributed by atoms with Crippen LogP contribution in [0.4, 0.5) is 23.0 Å². The highest BCUT2D eigenvalue weighted by molar-refractivity contribution is 7.17. The molecule has 4 heterocycles. The Morgan fingerprint density at radius 3 is 2.56 bits per heavy atom. The first-order valence-electron chi connectivity index (χ1n) is 13.5. The Hall–Kier alpha value is -3.95. The molecule has 9 heteroatoms. The minimum atomic E-state index is -0.279. The quantitative estimate of drug-likeness (QED) is 0.250. The van der Waals surface area contributed by atoms with Crippen molar-refractivity contribution in [2.45, 2.75) is 31.7 Å². The van der Waals surface area contributed by atoms with Crippen molar-refractivity contribution in [1.29, 1.82) is 0 Å². The van der Waals surface area contributed by atoms with E-state index in [1.54, 1.807) is 12.1 Å². The number of fused-ring (bicyclic) bond motifs is 1. The highest BCUT2D eigenvalue weighted by atomic mass is 32.1. The van der Waals surface area contributed by atoms with Crippen LogP contribution in [0.25, 0.3) is 10.2 Å². The Morgan fingerprint density at radius 1 is 1.00 bits per heavy atom. The van der Waals surface area contributed by atoms with Crippen LogP contribution >= 0.6 is 11.3 Å². The Balaban J connectivity index is 1.14. The van der Waals surface area contributed by atoms with Gasteiger partial charge in [-0.3, -0.25) is 4.79 Å². The summed E-state index contributed by atoms with van der Waals surface area (Å²) in [6.07, 6.45) is 6.42. The second-order valence-electron chi connectivity index (χ2n) is 9.94. The van der Waals surface area contributed by atoms with Gasteiger partial charge in [0.2, 0.25) is 17.7 Å². The number of carbonyl (C=O) groups is 1. The Labute approximate surface area is 232 Å². The molecule has 39 heavy (non-hydrogen) atoms. The Morgan fingerprint density at radius 2 is 1.79 bits per heavy atom. The molecule has 2 aromatic heterocycles. The zero-order chi connectivity index (χ0) is 26.6. The average Bonchev–Trinajstić information content (AvgIpc) is 3.67. The van der Waals surface area contributed by atoms with Crippen LogP contribution in [0.1, 0.15) is 25.7 Å². The number of aromatic nitrogens is 2. The zero-order valence-electron chi connectivity index (χ0n) is 21.8. The van der Waals surface area contributed by atoms with E-state index in [0.29, 0.717) is 23.3 Å². The number of amides is 1. The summed E-state index contributed by atoms with van der Waals surface area (Å²) < 4.78 is 7.02. The fourth-order valence-corrected chi connectivity index (χ4v) is 6.14. The predicted octanol–water partition coefficient (Wildman–Crippen LogP) is 6.42. The summed E-state index contributed by atoms with van der Waals surface area (Å²) in [7, 11) is 0. The summed E-state index contributed by atoms with van der Waals surface area (Å²) >= 11 is 1.52. The van der Waals surface area contributed by atoms with Gasteiger partial charge in [0.15, 0.2) is 0 Å². The van der Waals surface area contributed by atoms with Crippen LogP contribution in [0.15, 0.2) is 72.6 Å². The molecule has 0 spiro atoms. The maximum atomic E-state index is 11.7. The van der Waals surface area contributed by atoms with Crippen LogP contribution in [0.5, 0.6) is 11.6 Å². The van der Waals surface area contributed by atoms with Gasteiger partial charge in [-0.25, -0.2) is 4.98 Å². The molecule has 0 radical (unpaired) electrons. The third kappa shape index (κ3) is 5.89. The van der Waals surface area contributed by atoms with E-state index in [0.717, 1.165) is 35.0 Å². The van der Waals surface area contributed by atoms with Gasteiger partial charge in [0, 0.05) is 42.3 Å². The summed E-state index contributed by atoms with van der Waals surface area (Å²) in [5.41, 5.74) is 3.59. The molecule has 0 aliphatic carbocycles. The predicted molar refractivity (Wildman–Crippen MR) is 159 cm³/mol. The van der Waals surface area contributed by atoms with E-state index in [-0.39, 0.29) is 5.91 Å². The van der Waals surface area contributed by atoms with Gasteiger partial charge in [-0.15, -0.1) is 11.3 Å². The lowest BCUT2D eigenvalue weighted by molar-refractivity contribution is -0.111. The van der Waals surface area contributed by atoms with Gasteiger partial charge in [-0.2, -0.15) is 4.98 Å². The van der Waals surface area contributed by atoms with Crippen LogP contribution in [-0.4, -0.2) is 53.0 Å². The van der Waals surface area contributed by atoms with E-state index >= 15 is 0 Å². The van der Waals surface area contributed by atoms with Crippen molar-refractivity contribution in [3.05, 3.63) is 72.6 Å². The lowest BCUT2D eigenvalue weighted by atomic mass is 10.0. The Kier molecular flexibility index (Phi) is 7.42. The molecule has 2 aromatic carbocycles. The van der Waals surface area contributed by atoms with Crippen molar-refractivity contribution < 1.29 is 9.53 Å². The number of nitrogens with one attached hydrogen (secondary N) is 2. The number of rotatable bonds is 8. The molecule has 0 atom stereocenters. The molecule has 2 aliphatic heterocycles. The summed E-state index contributed by atoms with van der Waals surface area (Å²) in [4.78, 5) is 26.2. The zero-order valence-corrected chi connectivity index (χ0v) is 22.6. The van der Waals surface area contributed by atoms with Crippen LogP contribution in [0.3, 0.4) is 0 Å². The minimum absolute atomic E-state index is 0.279. The minimum Gasteiger partial charge on any atom is -0.437 e. The fourth-order valence-electron chi connectivity index (χ4n) is 5.38. The number of hydrogen-bond acceptors (Lipinski definition) is 8. The van der Waals surface area contributed by atoms with Gasteiger partial charge >= 0.3 is 0 Å². The standard InChI is InChI=1S/C30H32N6O2S/c1-2-27(37)31-22-6-5-7-25(20-22)38-29-28-26(14-19-39-28)33-30(34-29)32-21-8-10-23(11-9-21)36-17-12-24(13-18-36)35-15-3-4-16-35/h2,5-11,14,19-20,24H,1,3-4,12-13,15-18H2,(H,31,37)(H,32,33,34). The van der Waals surface area contributed by atoms with Crippen molar-refractivity contribution in [2.75, 3.05) is 41.7 Å². The number of hydrogen-bond donors (Lipinski definition) is 2. The normalized spacial score (nSPS) is 16.4. The molecule has 1 amide bonds. The number of benzene rings is 2. The number of anilines is 4. The topological polar surface area (TPSA) is 82.6 Å². The lowest BCUT2D eigenvalue weighted by Gasteiger charge is -2.37. The van der Waals surface area contributed by atoms with Gasteiger partial charge in [0.1, 0.15) is 10.4 Å². The number of piperidine rings is 1. The molecule has 2 aliphatic rings. The van der Waals surface area contributed by atoms with Gasteiger partial charge in [0.25, 0.3) is 0 Å². The third-order valence-corrected chi connectivity index (χ3v) is 8.28. The van der Waals surface area contributed by atoms with Gasteiger partial charge in [0.05, 0.1) is 5.52 Å². The molecule has 2 saturated heterocycles. The molecule has 0 unspecified atom stereocenters. The molecule has 6 rings (SSSR count). The molecule has 8 nitrogen and oxygen atoms in total. The van der Waals surface area contributed by atoms with Crippen molar-refractivity contribution in [2.24, 2.45) is 0 Å². The first kappa shape index (κ1) is 25.3. The average molecular weight is 541 g/mol. The molecule has 0 saturated carbocycles. The van der Waals surface area contributed by atoms with E-state index in [1.165, 1.54) is 61.9 Å². The van der Waals surface area contributed by atoms with E-state index < -0.39 is 0 Å². The molecule has 4 aromatic rings. The van der Waals surface area contributed by atoms with Crippen molar-refractivity contribution >= 4 is 50.5 Å². The molecule has 2 fully saturated rings. The monoisotopic (exact) mass is 540 g/mol. The second kappa shape index (κ2) is 11.4. The van der Waals surface area contributed by atoms with E-state index in [9.17, 15) is 4.79 Å². The number of ether oxygens (including phenoxy) is 1. The van der Waals surface area contributed by atoms with Crippen molar-refractivity contribution in [3.8, 4) is 11.6 Å². The number of thiophene rings is 1. The first-order chi connectivity index (χ1) is 19.1. The van der Waals surface area contributed by atoms with E-state index in [4.69, 9.17) is 4.74 Å². The fraction of sp³-hybridized carbons (Fsp3) is 0.300. The summed E-state index contributed by atoms with van der Waals surface area (Å²) in [6.45, 7) is 8.25. The van der Waals surface area contributed by atoms with Crippen molar-refractivity contribution in [1.82, 2.24) is 14.9 Å². The summed E-state index contributed by atoms with van der Waals surface area (Å²) in [6, 6.07) is 18.4. The van der Waals surface area contributed by atoms with Crippen LogP contribution in [0, 0.1) is 0 Å². The number of likely N-dealkylation sites (tertiary alicyclic amines) is 1. The first-order valence-corrected chi connectivity index (χ1v) is 14.4. The lowest BCUT2D eigenvalue weighted by Crippen LogP contribution is -2.43. The van der Waals surface area contributed by atoms with Gasteiger partial charge < -0.3 is 25.2 Å². The molecule has 0 bridgehead atoms. The SMILES string of the molecule is C=CC(=O)Nc1cccc(Oc2nc(Nc3ccc(N4CCC(N5CCCC5)CC4)cc3)nc3ccsc23)c1.